The normalized spacial score (nSPS) is 10.5. The zero-order valence-corrected chi connectivity index (χ0v) is 12.2. The highest BCUT2D eigenvalue weighted by Gasteiger charge is 2.11. The summed E-state index contributed by atoms with van der Waals surface area (Å²) in [5, 5.41) is 0. The third kappa shape index (κ3) is 2.55. The summed E-state index contributed by atoms with van der Waals surface area (Å²) in [6.45, 7) is 2.19. The van der Waals surface area contributed by atoms with Crippen molar-refractivity contribution < 1.29 is 0 Å². The molecule has 2 N–H and O–H groups in total. The second-order valence-electron chi connectivity index (χ2n) is 5.14. The molecule has 0 atom stereocenters. The van der Waals surface area contributed by atoms with Crippen molar-refractivity contribution >= 4 is 5.69 Å². The number of anilines is 1. The maximum atomic E-state index is 6.17. The molecule has 0 heterocycles. The van der Waals surface area contributed by atoms with E-state index in [1.807, 2.05) is 18.2 Å². The molecule has 0 radical (unpaired) electrons. The van der Waals surface area contributed by atoms with E-state index in [1.54, 1.807) is 0 Å². The zero-order chi connectivity index (χ0) is 14.7. The SMILES string of the molecule is CCc1ccccc1-c1ccccc1-c1ccccc1N. The number of nitrogens with two attached hydrogens (primary N) is 1. The zero-order valence-electron chi connectivity index (χ0n) is 12.2. The van der Waals surface area contributed by atoms with E-state index in [0.717, 1.165) is 17.7 Å². The molecular formula is C20H19N. The Balaban J connectivity index is 2.24. The number of hydrogen-bond donors (Lipinski definition) is 1. The van der Waals surface area contributed by atoms with Crippen LogP contribution in [-0.4, -0.2) is 0 Å². The molecule has 0 saturated heterocycles. The van der Waals surface area contributed by atoms with Crippen LogP contribution in [0.5, 0.6) is 0 Å². The molecule has 0 aromatic heterocycles. The van der Waals surface area contributed by atoms with Crippen LogP contribution >= 0.6 is 0 Å². The molecule has 1 heteroatoms. The van der Waals surface area contributed by atoms with Crippen molar-refractivity contribution in [2.45, 2.75) is 13.3 Å². The Bertz CT molecular complexity index is 759. The molecule has 0 amide bonds. The number of para-hydroxylation sites is 1. The first-order chi connectivity index (χ1) is 10.3. The Labute approximate surface area is 126 Å². The molecular weight excluding hydrogens is 254 g/mol. The van der Waals surface area contributed by atoms with Crippen molar-refractivity contribution in [3.05, 3.63) is 78.4 Å². The van der Waals surface area contributed by atoms with Crippen molar-refractivity contribution in [1.82, 2.24) is 0 Å². The molecule has 3 aromatic carbocycles. The van der Waals surface area contributed by atoms with E-state index in [0.29, 0.717) is 0 Å². The lowest BCUT2D eigenvalue weighted by Crippen LogP contribution is -1.93. The van der Waals surface area contributed by atoms with Gasteiger partial charge in [-0.1, -0.05) is 73.7 Å². The highest BCUT2D eigenvalue weighted by Crippen LogP contribution is 2.36. The minimum Gasteiger partial charge on any atom is -0.398 e. The van der Waals surface area contributed by atoms with Crippen LogP contribution in [-0.2, 0) is 6.42 Å². The van der Waals surface area contributed by atoms with Crippen LogP contribution in [0.15, 0.2) is 72.8 Å². The molecule has 0 unspecified atom stereocenters. The largest absolute Gasteiger partial charge is 0.398 e. The Morgan fingerprint density at radius 1 is 0.619 bits per heavy atom. The third-order valence-electron chi connectivity index (χ3n) is 3.87. The van der Waals surface area contributed by atoms with E-state index in [9.17, 15) is 0 Å². The Morgan fingerprint density at radius 3 is 1.71 bits per heavy atom. The number of nitrogen functional groups attached to an aromatic ring is 1. The van der Waals surface area contributed by atoms with Gasteiger partial charge >= 0.3 is 0 Å². The lowest BCUT2D eigenvalue weighted by atomic mass is 9.90. The van der Waals surface area contributed by atoms with Gasteiger partial charge in [0.2, 0.25) is 0 Å². The van der Waals surface area contributed by atoms with Gasteiger partial charge in [-0.2, -0.15) is 0 Å². The second-order valence-corrected chi connectivity index (χ2v) is 5.14. The van der Waals surface area contributed by atoms with Gasteiger partial charge in [0.15, 0.2) is 0 Å². The second kappa shape index (κ2) is 5.84. The van der Waals surface area contributed by atoms with Gasteiger partial charge in [-0.05, 0) is 34.7 Å². The van der Waals surface area contributed by atoms with Gasteiger partial charge in [-0.15, -0.1) is 0 Å². The van der Waals surface area contributed by atoms with E-state index >= 15 is 0 Å². The van der Waals surface area contributed by atoms with Crippen LogP contribution in [0.4, 0.5) is 5.69 Å². The number of benzene rings is 3. The summed E-state index contributed by atoms with van der Waals surface area (Å²) in [5.74, 6) is 0. The molecule has 104 valence electrons. The predicted octanol–water partition coefficient (Wildman–Crippen LogP) is 5.17. The highest BCUT2D eigenvalue weighted by molar-refractivity contribution is 5.89. The van der Waals surface area contributed by atoms with E-state index in [4.69, 9.17) is 5.73 Å². The van der Waals surface area contributed by atoms with Gasteiger partial charge in [0.1, 0.15) is 0 Å². The molecule has 0 aliphatic heterocycles. The maximum Gasteiger partial charge on any atom is 0.0393 e. The van der Waals surface area contributed by atoms with Gasteiger partial charge in [0.05, 0.1) is 0 Å². The number of aryl methyl sites for hydroxylation is 1. The average Bonchev–Trinajstić information content (AvgIpc) is 2.55. The van der Waals surface area contributed by atoms with E-state index in [1.165, 1.54) is 22.3 Å². The van der Waals surface area contributed by atoms with Crippen LogP contribution < -0.4 is 5.73 Å². The summed E-state index contributed by atoms with van der Waals surface area (Å²) in [5.41, 5.74) is 13.2. The van der Waals surface area contributed by atoms with Crippen LogP contribution in [0, 0.1) is 0 Å². The average molecular weight is 273 g/mol. The summed E-state index contributed by atoms with van der Waals surface area (Å²) in [7, 11) is 0. The van der Waals surface area contributed by atoms with Gasteiger partial charge in [0.25, 0.3) is 0 Å². The van der Waals surface area contributed by atoms with Gasteiger partial charge in [-0.3, -0.25) is 0 Å². The quantitative estimate of drug-likeness (QED) is 0.655. The molecule has 3 aromatic rings. The third-order valence-corrected chi connectivity index (χ3v) is 3.87. The Kier molecular flexibility index (Phi) is 3.74. The van der Waals surface area contributed by atoms with Crippen molar-refractivity contribution in [1.29, 1.82) is 0 Å². The minimum atomic E-state index is 0.818. The molecule has 3 rings (SSSR count). The standard InChI is InChI=1S/C20H19N/c1-2-15-9-3-4-10-16(15)17-11-5-6-12-18(17)19-13-7-8-14-20(19)21/h3-14H,2,21H2,1H3. The summed E-state index contributed by atoms with van der Waals surface area (Å²) in [4.78, 5) is 0. The van der Waals surface area contributed by atoms with E-state index < -0.39 is 0 Å². The lowest BCUT2D eigenvalue weighted by molar-refractivity contribution is 1.14. The minimum absolute atomic E-state index is 0.818. The molecule has 0 saturated carbocycles. The van der Waals surface area contributed by atoms with Crippen LogP contribution in [0.1, 0.15) is 12.5 Å². The van der Waals surface area contributed by atoms with Crippen LogP contribution in [0.3, 0.4) is 0 Å². The number of rotatable bonds is 3. The summed E-state index contributed by atoms with van der Waals surface area (Å²) in [6.07, 6.45) is 1.02. The molecule has 0 bridgehead atoms. The van der Waals surface area contributed by atoms with Gasteiger partial charge in [-0.25, -0.2) is 0 Å². The van der Waals surface area contributed by atoms with Gasteiger partial charge < -0.3 is 5.73 Å². The predicted molar refractivity (Wildman–Crippen MR) is 91.1 cm³/mol. The molecule has 21 heavy (non-hydrogen) atoms. The molecule has 0 aliphatic rings. The molecule has 0 aliphatic carbocycles. The smallest absolute Gasteiger partial charge is 0.0393 e. The first kappa shape index (κ1) is 13.4. The first-order valence-electron chi connectivity index (χ1n) is 7.33. The van der Waals surface area contributed by atoms with E-state index in [2.05, 4.69) is 61.5 Å². The lowest BCUT2D eigenvalue weighted by Gasteiger charge is -2.14. The molecule has 0 spiro atoms. The summed E-state index contributed by atoms with van der Waals surface area (Å²) >= 11 is 0. The van der Waals surface area contributed by atoms with E-state index in [-0.39, 0.29) is 0 Å². The Morgan fingerprint density at radius 2 is 1.10 bits per heavy atom. The van der Waals surface area contributed by atoms with Crippen LogP contribution in [0.25, 0.3) is 22.3 Å². The van der Waals surface area contributed by atoms with Crippen molar-refractivity contribution in [3.63, 3.8) is 0 Å². The fourth-order valence-electron chi connectivity index (χ4n) is 2.79. The summed E-state index contributed by atoms with van der Waals surface area (Å²) in [6, 6.07) is 25.1. The molecule has 0 fully saturated rings. The topological polar surface area (TPSA) is 26.0 Å². The van der Waals surface area contributed by atoms with Gasteiger partial charge in [0, 0.05) is 11.3 Å². The van der Waals surface area contributed by atoms with Crippen LogP contribution in [0.2, 0.25) is 0 Å². The first-order valence-corrected chi connectivity index (χ1v) is 7.33. The van der Waals surface area contributed by atoms with Crippen molar-refractivity contribution in [2.75, 3.05) is 5.73 Å². The van der Waals surface area contributed by atoms with Crippen molar-refractivity contribution in [2.24, 2.45) is 0 Å². The fourth-order valence-corrected chi connectivity index (χ4v) is 2.79. The van der Waals surface area contributed by atoms with Crippen molar-refractivity contribution in [3.8, 4) is 22.3 Å². The molecule has 1 nitrogen and oxygen atoms in total. The summed E-state index contributed by atoms with van der Waals surface area (Å²) < 4.78 is 0. The maximum absolute atomic E-state index is 6.17. The highest BCUT2D eigenvalue weighted by atomic mass is 14.6. The Hall–Kier alpha value is -2.54. The monoisotopic (exact) mass is 273 g/mol. The fraction of sp³-hybridized carbons (Fsp3) is 0.100. The number of hydrogen-bond acceptors (Lipinski definition) is 1.